The number of carbonyl (C=O) groups excluding carboxylic acids is 3. The Kier molecular flexibility index (Phi) is 6.40. The summed E-state index contributed by atoms with van der Waals surface area (Å²) in [6, 6.07) is 7.11. The van der Waals surface area contributed by atoms with E-state index in [0.717, 1.165) is 30.6 Å². The third-order valence-corrected chi connectivity index (χ3v) is 6.32. The van der Waals surface area contributed by atoms with E-state index in [1.165, 1.54) is 7.05 Å². The quantitative estimate of drug-likeness (QED) is 0.681. The van der Waals surface area contributed by atoms with Crippen molar-refractivity contribution >= 4 is 29.3 Å². The topological polar surface area (TPSA) is 66.9 Å². The zero-order valence-electron chi connectivity index (χ0n) is 16.4. The molecule has 0 N–H and O–H groups in total. The maximum Gasteiger partial charge on any atom is 0.240 e. The molecule has 2 unspecified atom stereocenters. The Labute approximate surface area is 170 Å². The van der Waals surface area contributed by atoms with Gasteiger partial charge in [-0.3, -0.25) is 19.3 Å². The van der Waals surface area contributed by atoms with Gasteiger partial charge in [0.05, 0.1) is 5.41 Å². The van der Waals surface area contributed by atoms with E-state index in [1.54, 1.807) is 31.4 Å². The first-order valence-electron chi connectivity index (χ1n) is 9.75. The second-order valence-electron chi connectivity index (χ2n) is 7.69. The number of benzene rings is 1. The van der Waals surface area contributed by atoms with Crippen molar-refractivity contribution in [3.8, 4) is 0 Å². The van der Waals surface area contributed by atoms with Crippen LogP contribution in [0.1, 0.15) is 44.1 Å². The van der Waals surface area contributed by atoms with E-state index >= 15 is 0 Å². The molecule has 2 heterocycles. The number of rotatable bonds is 6. The highest BCUT2D eigenvalue weighted by Gasteiger charge is 2.54. The van der Waals surface area contributed by atoms with Gasteiger partial charge in [-0.15, -0.1) is 0 Å². The molecule has 28 heavy (non-hydrogen) atoms. The summed E-state index contributed by atoms with van der Waals surface area (Å²) in [5, 5.41) is 0.404. The van der Waals surface area contributed by atoms with Crippen LogP contribution < -0.4 is 0 Å². The van der Waals surface area contributed by atoms with Gasteiger partial charge in [-0.05, 0) is 37.3 Å². The molecule has 6 nitrogen and oxygen atoms in total. The SMILES string of the molecule is COCCC1CCCCN1C(=O)CC1(c2ccccc2Cl)CC(=O)N(C)C1=O. The number of likely N-dealkylation sites (N-methyl/N-ethyl adjacent to an activating group) is 1. The van der Waals surface area contributed by atoms with Crippen LogP contribution in [0.2, 0.25) is 5.02 Å². The lowest BCUT2D eigenvalue weighted by Crippen LogP contribution is -2.48. The van der Waals surface area contributed by atoms with E-state index < -0.39 is 5.41 Å². The Balaban J connectivity index is 1.92. The van der Waals surface area contributed by atoms with Crippen LogP contribution in [0.5, 0.6) is 0 Å². The van der Waals surface area contributed by atoms with Crippen molar-refractivity contribution in [2.24, 2.45) is 0 Å². The average Bonchev–Trinajstić information content (AvgIpc) is 2.91. The molecule has 1 aromatic rings. The van der Waals surface area contributed by atoms with Crippen LogP contribution in [0, 0.1) is 0 Å². The van der Waals surface area contributed by atoms with Gasteiger partial charge < -0.3 is 9.64 Å². The van der Waals surface area contributed by atoms with Gasteiger partial charge in [-0.25, -0.2) is 0 Å². The zero-order chi connectivity index (χ0) is 20.3. The number of ether oxygens (including phenoxy) is 1. The summed E-state index contributed by atoms with van der Waals surface area (Å²) in [4.78, 5) is 41.8. The molecular formula is C21H27ClN2O4. The molecule has 2 aliphatic rings. The Hall–Kier alpha value is -1.92. The molecule has 0 aliphatic carbocycles. The van der Waals surface area contributed by atoms with Gasteiger partial charge in [-0.2, -0.15) is 0 Å². The molecular weight excluding hydrogens is 380 g/mol. The van der Waals surface area contributed by atoms with Crippen LogP contribution in [0.25, 0.3) is 0 Å². The summed E-state index contributed by atoms with van der Waals surface area (Å²) in [6.07, 6.45) is 3.65. The fraction of sp³-hybridized carbons (Fsp3) is 0.571. The van der Waals surface area contributed by atoms with Gasteiger partial charge in [-0.1, -0.05) is 29.8 Å². The Bertz CT molecular complexity index is 769. The van der Waals surface area contributed by atoms with Gasteiger partial charge in [0.15, 0.2) is 0 Å². The number of amides is 3. The number of hydrogen-bond acceptors (Lipinski definition) is 4. The molecule has 3 rings (SSSR count). The number of carbonyl (C=O) groups is 3. The first-order valence-corrected chi connectivity index (χ1v) is 10.1. The lowest BCUT2D eigenvalue weighted by molar-refractivity contribution is -0.143. The molecule has 0 saturated carbocycles. The van der Waals surface area contributed by atoms with Crippen molar-refractivity contribution in [1.82, 2.24) is 9.80 Å². The van der Waals surface area contributed by atoms with Crippen molar-refractivity contribution in [2.75, 3.05) is 27.3 Å². The number of nitrogens with zero attached hydrogens (tertiary/aromatic N) is 2. The summed E-state index contributed by atoms with van der Waals surface area (Å²) < 4.78 is 5.20. The van der Waals surface area contributed by atoms with Crippen LogP contribution in [0.15, 0.2) is 24.3 Å². The molecule has 7 heteroatoms. The summed E-state index contributed by atoms with van der Waals surface area (Å²) in [7, 11) is 3.12. The minimum absolute atomic E-state index is 0.0333. The van der Waals surface area contributed by atoms with Crippen molar-refractivity contribution in [2.45, 2.75) is 50.0 Å². The smallest absolute Gasteiger partial charge is 0.240 e. The molecule has 0 spiro atoms. The third-order valence-electron chi connectivity index (χ3n) is 5.99. The Morgan fingerprint density at radius 2 is 2.04 bits per heavy atom. The van der Waals surface area contributed by atoms with Crippen LogP contribution >= 0.6 is 11.6 Å². The lowest BCUT2D eigenvalue weighted by atomic mass is 9.75. The normalized spacial score (nSPS) is 25.5. The summed E-state index contributed by atoms with van der Waals surface area (Å²) in [5.74, 6) is -0.742. The maximum atomic E-state index is 13.3. The predicted octanol–water partition coefficient (Wildman–Crippen LogP) is 2.77. The number of methoxy groups -OCH3 is 1. The van der Waals surface area contributed by atoms with E-state index in [9.17, 15) is 14.4 Å². The third kappa shape index (κ3) is 3.80. The summed E-state index contributed by atoms with van der Waals surface area (Å²) in [6.45, 7) is 1.26. The van der Waals surface area contributed by atoms with Crippen molar-refractivity contribution < 1.29 is 19.1 Å². The number of halogens is 1. The Morgan fingerprint density at radius 1 is 1.29 bits per heavy atom. The molecule has 3 amide bonds. The van der Waals surface area contributed by atoms with E-state index in [0.29, 0.717) is 23.7 Å². The highest BCUT2D eigenvalue weighted by molar-refractivity contribution is 6.32. The van der Waals surface area contributed by atoms with Crippen molar-refractivity contribution in [3.63, 3.8) is 0 Å². The summed E-state index contributed by atoms with van der Waals surface area (Å²) in [5.41, 5.74) is -0.678. The monoisotopic (exact) mass is 406 g/mol. The van der Waals surface area contributed by atoms with E-state index in [4.69, 9.17) is 16.3 Å². The first-order chi connectivity index (χ1) is 13.4. The van der Waals surface area contributed by atoms with Crippen LogP contribution in [0.3, 0.4) is 0 Å². The van der Waals surface area contributed by atoms with E-state index in [-0.39, 0.29) is 36.6 Å². The minimum Gasteiger partial charge on any atom is -0.385 e. The van der Waals surface area contributed by atoms with E-state index in [2.05, 4.69) is 0 Å². The predicted molar refractivity (Wildman–Crippen MR) is 106 cm³/mol. The molecule has 0 bridgehead atoms. The standard InChI is InChI=1S/C21H27ClN2O4/c1-23-18(25)13-21(20(23)27,16-8-3-4-9-17(16)22)14-19(26)24-11-6-5-7-15(24)10-12-28-2/h3-4,8-9,15H,5-7,10-14H2,1-2H3. The maximum absolute atomic E-state index is 13.3. The largest absolute Gasteiger partial charge is 0.385 e. The fourth-order valence-corrected chi connectivity index (χ4v) is 4.74. The number of imide groups is 1. The average molecular weight is 407 g/mol. The first kappa shape index (κ1) is 20.8. The van der Waals surface area contributed by atoms with Crippen LogP contribution in [0.4, 0.5) is 0 Å². The van der Waals surface area contributed by atoms with E-state index in [1.807, 2.05) is 4.90 Å². The molecule has 0 aromatic heterocycles. The van der Waals surface area contributed by atoms with Crippen LogP contribution in [-0.2, 0) is 24.5 Å². The molecule has 2 saturated heterocycles. The van der Waals surface area contributed by atoms with Crippen molar-refractivity contribution in [1.29, 1.82) is 0 Å². The summed E-state index contributed by atoms with van der Waals surface area (Å²) >= 11 is 6.40. The van der Waals surface area contributed by atoms with Gasteiger partial charge in [0.1, 0.15) is 0 Å². The highest BCUT2D eigenvalue weighted by Crippen LogP contribution is 2.43. The highest BCUT2D eigenvalue weighted by atomic mass is 35.5. The van der Waals surface area contributed by atoms with Crippen LogP contribution in [-0.4, -0.2) is 60.9 Å². The fourth-order valence-electron chi connectivity index (χ4n) is 4.42. The lowest BCUT2D eigenvalue weighted by Gasteiger charge is -2.38. The molecule has 0 radical (unpaired) electrons. The molecule has 152 valence electrons. The Morgan fingerprint density at radius 3 is 2.68 bits per heavy atom. The molecule has 2 fully saturated rings. The molecule has 2 aliphatic heterocycles. The van der Waals surface area contributed by atoms with Gasteiger partial charge >= 0.3 is 0 Å². The number of hydrogen-bond donors (Lipinski definition) is 0. The second-order valence-corrected chi connectivity index (χ2v) is 8.10. The van der Waals surface area contributed by atoms with Crippen molar-refractivity contribution in [3.05, 3.63) is 34.9 Å². The van der Waals surface area contributed by atoms with Gasteiger partial charge in [0.25, 0.3) is 0 Å². The molecule has 1 aromatic carbocycles. The van der Waals surface area contributed by atoms with Gasteiger partial charge in [0.2, 0.25) is 17.7 Å². The zero-order valence-corrected chi connectivity index (χ0v) is 17.2. The number of likely N-dealkylation sites (tertiary alicyclic amines) is 2. The van der Waals surface area contributed by atoms with Gasteiger partial charge in [0, 0.05) is 51.2 Å². The number of piperidine rings is 1. The molecule has 2 atom stereocenters. The second kappa shape index (κ2) is 8.62. The minimum atomic E-state index is -1.23.